The van der Waals surface area contributed by atoms with Crippen LogP contribution in [-0.4, -0.2) is 62.4 Å². The van der Waals surface area contributed by atoms with Crippen LogP contribution in [0.25, 0.3) is 0 Å². The van der Waals surface area contributed by atoms with Crippen LogP contribution in [0, 0.1) is 0 Å². The maximum atomic E-state index is 12.7. The highest BCUT2D eigenvalue weighted by Gasteiger charge is 2.39. The van der Waals surface area contributed by atoms with E-state index in [2.05, 4.69) is 10.2 Å². The molecule has 6 heteroatoms. The van der Waals surface area contributed by atoms with Crippen LogP contribution in [0.1, 0.15) is 39.0 Å². The van der Waals surface area contributed by atoms with E-state index in [4.69, 9.17) is 14.2 Å². The fraction of sp³-hybridized carbons (Fsp3) is 0.667. The lowest BCUT2D eigenvalue weighted by molar-refractivity contribution is -0.128. The Morgan fingerprint density at radius 3 is 2.52 bits per heavy atom. The molecule has 6 nitrogen and oxygen atoms in total. The van der Waals surface area contributed by atoms with Gasteiger partial charge >= 0.3 is 0 Å². The molecule has 0 aromatic heterocycles. The van der Waals surface area contributed by atoms with Crippen LogP contribution in [0.15, 0.2) is 24.3 Å². The van der Waals surface area contributed by atoms with Crippen LogP contribution >= 0.6 is 0 Å². The monoisotopic (exact) mass is 376 g/mol. The van der Waals surface area contributed by atoms with E-state index in [1.807, 2.05) is 24.3 Å². The van der Waals surface area contributed by atoms with Crippen molar-refractivity contribution in [3.05, 3.63) is 24.3 Å². The molecule has 3 rings (SSSR count). The molecule has 1 atom stereocenters. The molecule has 150 valence electrons. The number of benzene rings is 1. The number of hydrogen-bond acceptors (Lipinski definition) is 5. The molecular formula is C21H32N2O4. The first-order chi connectivity index (χ1) is 13.1. The number of rotatable bonds is 7. The average Bonchev–Trinajstić information content (AvgIpc) is 2.73. The maximum absolute atomic E-state index is 12.7. The van der Waals surface area contributed by atoms with E-state index in [0.717, 1.165) is 39.1 Å². The van der Waals surface area contributed by atoms with Crippen molar-refractivity contribution >= 4 is 5.91 Å². The van der Waals surface area contributed by atoms with Gasteiger partial charge in [-0.1, -0.05) is 31.4 Å². The third-order valence-electron chi connectivity index (χ3n) is 5.80. The van der Waals surface area contributed by atoms with Gasteiger partial charge in [0.1, 0.15) is 0 Å². The quantitative estimate of drug-likeness (QED) is 0.793. The standard InChI is InChI=1S/C21H32N2O4/c1-17(27-19-9-5-4-8-18(19)25-2)20(24)22-16-21(10-6-3-7-11-21)23-12-14-26-15-13-23/h4-5,8-9,17H,3,6-7,10-16H2,1-2H3,(H,22,24). The molecule has 0 bridgehead atoms. The first-order valence-corrected chi connectivity index (χ1v) is 10.0. The third kappa shape index (κ3) is 4.93. The number of methoxy groups -OCH3 is 1. The Labute approximate surface area is 162 Å². The smallest absolute Gasteiger partial charge is 0.260 e. The van der Waals surface area contributed by atoms with Crippen molar-refractivity contribution in [3.63, 3.8) is 0 Å². The molecule has 2 aliphatic rings. The van der Waals surface area contributed by atoms with Crippen LogP contribution in [0.4, 0.5) is 0 Å². The van der Waals surface area contributed by atoms with Gasteiger partial charge < -0.3 is 19.5 Å². The number of ether oxygens (including phenoxy) is 3. The predicted molar refractivity (Wildman–Crippen MR) is 104 cm³/mol. The van der Waals surface area contributed by atoms with Gasteiger partial charge in [0.05, 0.1) is 20.3 Å². The Balaban J connectivity index is 1.59. The summed E-state index contributed by atoms with van der Waals surface area (Å²) in [5.41, 5.74) is 0.0574. The summed E-state index contributed by atoms with van der Waals surface area (Å²) in [6.07, 6.45) is 5.42. The number of nitrogens with one attached hydrogen (secondary N) is 1. The summed E-state index contributed by atoms with van der Waals surface area (Å²) in [6, 6.07) is 7.40. The average molecular weight is 376 g/mol. The van der Waals surface area contributed by atoms with Gasteiger partial charge in [0.2, 0.25) is 0 Å². The summed E-state index contributed by atoms with van der Waals surface area (Å²) in [6.45, 7) is 5.91. The van der Waals surface area contributed by atoms with Gasteiger partial charge in [-0.15, -0.1) is 0 Å². The summed E-state index contributed by atoms with van der Waals surface area (Å²) in [7, 11) is 1.60. The number of morpholine rings is 1. The number of amides is 1. The molecule has 1 aromatic carbocycles. The lowest BCUT2D eigenvalue weighted by Crippen LogP contribution is -2.60. The second kappa shape index (κ2) is 9.42. The van der Waals surface area contributed by atoms with Gasteiger partial charge in [0.25, 0.3) is 5.91 Å². The summed E-state index contributed by atoms with van der Waals surface area (Å²) in [4.78, 5) is 15.2. The Kier molecular flexibility index (Phi) is 6.96. The molecule has 2 fully saturated rings. The number of carbonyl (C=O) groups excluding carboxylic acids is 1. The molecule has 1 N–H and O–H groups in total. The van der Waals surface area contributed by atoms with E-state index in [1.54, 1.807) is 14.0 Å². The summed E-state index contributed by atoms with van der Waals surface area (Å²) >= 11 is 0. The van der Waals surface area contributed by atoms with Crippen LogP contribution in [0.3, 0.4) is 0 Å². The zero-order chi connectivity index (χ0) is 19.1. The molecule has 1 aliphatic heterocycles. The van der Waals surface area contributed by atoms with Gasteiger partial charge in [0.15, 0.2) is 17.6 Å². The van der Waals surface area contributed by atoms with Gasteiger partial charge in [-0.25, -0.2) is 0 Å². The van der Waals surface area contributed by atoms with Crippen molar-refractivity contribution in [2.45, 2.75) is 50.7 Å². The fourth-order valence-corrected chi connectivity index (χ4v) is 4.21. The van der Waals surface area contributed by atoms with E-state index < -0.39 is 6.10 Å². The molecule has 1 saturated carbocycles. The predicted octanol–water partition coefficient (Wildman–Crippen LogP) is 2.61. The summed E-state index contributed by atoms with van der Waals surface area (Å²) in [5.74, 6) is 1.14. The van der Waals surface area contributed by atoms with Crippen LogP contribution in [0.2, 0.25) is 0 Å². The molecule has 1 amide bonds. The zero-order valence-electron chi connectivity index (χ0n) is 16.5. The van der Waals surface area contributed by atoms with E-state index in [9.17, 15) is 4.79 Å². The minimum Gasteiger partial charge on any atom is -0.493 e. The lowest BCUT2D eigenvalue weighted by Gasteiger charge is -2.48. The fourth-order valence-electron chi connectivity index (χ4n) is 4.21. The lowest BCUT2D eigenvalue weighted by atomic mass is 9.79. The molecule has 1 saturated heterocycles. The molecule has 1 aromatic rings. The maximum Gasteiger partial charge on any atom is 0.260 e. The number of carbonyl (C=O) groups is 1. The second-order valence-electron chi connectivity index (χ2n) is 7.51. The van der Waals surface area contributed by atoms with Crippen molar-refractivity contribution in [2.75, 3.05) is 40.0 Å². The summed E-state index contributed by atoms with van der Waals surface area (Å²) < 4.78 is 16.7. The van der Waals surface area contributed by atoms with E-state index in [1.165, 1.54) is 19.3 Å². The molecule has 0 spiro atoms. The minimum atomic E-state index is -0.577. The van der Waals surface area contributed by atoms with Gasteiger partial charge in [0, 0.05) is 25.2 Å². The molecule has 27 heavy (non-hydrogen) atoms. The molecule has 1 heterocycles. The van der Waals surface area contributed by atoms with Crippen molar-refractivity contribution in [1.82, 2.24) is 10.2 Å². The zero-order valence-corrected chi connectivity index (χ0v) is 16.5. The van der Waals surface area contributed by atoms with Crippen molar-refractivity contribution in [1.29, 1.82) is 0 Å². The Bertz CT molecular complexity index is 610. The summed E-state index contributed by atoms with van der Waals surface area (Å²) in [5, 5.41) is 3.16. The van der Waals surface area contributed by atoms with Crippen LogP contribution in [-0.2, 0) is 9.53 Å². The highest BCUT2D eigenvalue weighted by molar-refractivity contribution is 5.80. The largest absolute Gasteiger partial charge is 0.493 e. The Morgan fingerprint density at radius 1 is 1.19 bits per heavy atom. The normalized spacial score (nSPS) is 21.3. The number of hydrogen-bond donors (Lipinski definition) is 1. The van der Waals surface area contributed by atoms with Crippen LogP contribution in [0.5, 0.6) is 11.5 Å². The van der Waals surface area contributed by atoms with Gasteiger partial charge in [-0.05, 0) is 31.9 Å². The van der Waals surface area contributed by atoms with Gasteiger partial charge in [-0.3, -0.25) is 9.69 Å². The molecular weight excluding hydrogens is 344 g/mol. The Hall–Kier alpha value is -1.79. The molecule has 1 aliphatic carbocycles. The highest BCUT2D eigenvalue weighted by Crippen LogP contribution is 2.34. The van der Waals surface area contributed by atoms with Crippen molar-refractivity contribution in [2.24, 2.45) is 0 Å². The van der Waals surface area contributed by atoms with Crippen LogP contribution < -0.4 is 14.8 Å². The van der Waals surface area contributed by atoms with Crippen molar-refractivity contribution in [3.8, 4) is 11.5 Å². The second-order valence-corrected chi connectivity index (χ2v) is 7.51. The number of para-hydroxylation sites is 2. The van der Waals surface area contributed by atoms with Gasteiger partial charge in [-0.2, -0.15) is 0 Å². The molecule has 1 unspecified atom stereocenters. The van der Waals surface area contributed by atoms with E-state index in [0.29, 0.717) is 18.0 Å². The van der Waals surface area contributed by atoms with Crippen molar-refractivity contribution < 1.29 is 19.0 Å². The topological polar surface area (TPSA) is 60.0 Å². The van der Waals surface area contributed by atoms with E-state index >= 15 is 0 Å². The minimum absolute atomic E-state index is 0.0574. The number of nitrogens with zero attached hydrogens (tertiary/aromatic N) is 1. The first kappa shape index (κ1) is 20.0. The van der Waals surface area contributed by atoms with E-state index in [-0.39, 0.29) is 11.4 Å². The first-order valence-electron chi connectivity index (χ1n) is 10.0. The molecule has 0 radical (unpaired) electrons. The Morgan fingerprint density at radius 2 is 1.85 bits per heavy atom. The SMILES string of the molecule is COc1ccccc1OC(C)C(=O)NCC1(N2CCOCC2)CCCCC1. The highest BCUT2D eigenvalue weighted by atomic mass is 16.5. The third-order valence-corrected chi connectivity index (χ3v) is 5.80.